The average molecular weight is 838 g/mol. The number of amides is 2. The fourth-order valence-electron chi connectivity index (χ4n) is 9.45. The van der Waals surface area contributed by atoms with Crippen molar-refractivity contribution in [3.63, 3.8) is 0 Å². The molecule has 14 heteroatoms. The van der Waals surface area contributed by atoms with E-state index in [4.69, 9.17) is 14.7 Å². The zero-order valence-electron chi connectivity index (χ0n) is 33.9. The third-order valence-electron chi connectivity index (χ3n) is 12.9. The van der Waals surface area contributed by atoms with E-state index in [0.29, 0.717) is 43.5 Å². The van der Waals surface area contributed by atoms with Gasteiger partial charge >= 0.3 is 0 Å². The molecule has 12 rings (SSSR count). The molecule has 2 fully saturated rings. The van der Waals surface area contributed by atoms with Gasteiger partial charge in [0.15, 0.2) is 11.6 Å². The molecule has 8 aromatic rings. The number of rotatable bonds is 4. The molecule has 0 bridgehead atoms. The second-order valence-corrected chi connectivity index (χ2v) is 16.6. The van der Waals surface area contributed by atoms with E-state index in [1.54, 1.807) is 24.8 Å². The standard InChI is InChI=1S/C24H22N6O.C24H21N5O2.CH4/c31-23-17-12-20(29-21(17)24(14-28-23)6-9-25-10-7-24)19-5-8-26-22(30-19)16-11-15-3-1-2-4-18(15)27-13-16;30-23-17-12-20(28-21(17)24(14-27-23)6-9-31-10-7-24)19-5-8-25-22(29-19)16-11-15-3-1-2-4-18(15)26-13-16;/h1-5,8,11-13,25,29H,6-7,9-10,14H2,(H,28,31);1-5,8,11-13,28H,6-7,9-10,14H2,(H,27,30);1H4. The summed E-state index contributed by atoms with van der Waals surface area (Å²) in [6, 6.07) is 27.7. The van der Waals surface area contributed by atoms with Gasteiger partial charge in [0.1, 0.15) is 0 Å². The summed E-state index contributed by atoms with van der Waals surface area (Å²) in [6.07, 6.45) is 10.9. The van der Waals surface area contributed by atoms with Crippen molar-refractivity contribution < 1.29 is 14.3 Å². The molecular weight excluding hydrogens is 791 g/mol. The highest BCUT2D eigenvalue weighted by Crippen LogP contribution is 2.41. The monoisotopic (exact) mass is 837 g/mol. The van der Waals surface area contributed by atoms with Crippen molar-refractivity contribution >= 4 is 33.6 Å². The number of piperidine rings is 1. The van der Waals surface area contributed by atoms with Gasteiger partial charge in [-0.3, -0.25) is 19.6 Å². The number of nitrogens with zero attached hydrogens (tertiary/aromatic N) is 6. The van der Waals surface area contributed by atoms with Crippen LogP contribution < -0.4 is 16.0 Å². The van der Waals surface area contributed by atoms with E-state index in [9.17, 15) is 9.59 Å². The lowest BCUT2D eigenvalue weighted by atomic mass is 9.73. The molecule has 2 amide bonds. The van der Waals surface area contributed by atoms with Crippen LogP contribution in [0.2, 0.25) is 0 Å². The molecule has 0 unspecified atom stereocenters. The molecule has 5 N–H and O–H groups in total. The minimum atomic E-state index is -0.0993. The Kier molecular flexibility index (Phi) is 10.3. The molecule has 0 saturated carbocycles. The quantitative estimate of drug-likeness (QED) is 0.122. The zero-order chi connectivity index (χ0) is 41.7. The van der Waals surface area contributed by atoms with Gasteiger partial charge in [-0.05, 0) is 87.3 Å². The highest BCUT2D eigenvalue weighted by molar-refractivity contribution is 5.99. The lowest BCUT2D eigenvalue weighted by molar-refractivity contribution is 0.0442. The van der Waals surface area contributed by atoms with Crippen molar-refractivity contribution in [1.82, 2.24) is 55.8 Å². The number of aromatic amines is 2. The number of aromatic nitrogens is 8. The van der Waals surface area contributed by atoms with E-state index >= 15 is 0 Å². The van der Waals surface area contributed by atoms with Crippen molar-refractivity contribution in [1.29, 1.82) is 0 Å². The maximum Gasteiger partial charge on any atom is 0.253 e. The van der Waals surface area contributed by atoms with Crippen LogP contribution >= 0.6 is 0 Å². The highest BCUT2D eigenvalue weighted by Gasteiger charge is 2.43. The predicted octanol–water partition coefficient (Wildman–Crippen LogP) is 7.17. The van der Waals surface area contributed by atoms with Crippen molar-refractivity contribution in [2.75, 3.05) is 39.4 Å². The first kappa shape index (κ1) is 39.9. The van der Waals surface area contributed by atoms with Gasteiger partial charge in [0.2, 0.25) is 0 Å². The van der Waals surface area contributed by atoms with Gasteiger partial charge in [0.25, 0.3) is 11.8 Å². The number of nitrogens with one attached hydrogen (secondary N) is 5. The summed E-state index contributed by atoms with van der Waals surface area (Å²) >= 11 is 0. The second-order valence-electron chi connectivity index (χ2n) is 16.6. The molecule has 6 aromatic heterocycles. The number of fused-ring (bicyclic) bond motifs is 6. The Morgan fingerprint density at radius 3 is 1.54 bits per heavy atom. The largest absolute Gasteiger partial charge is 0.381 e. The summed E-state index contributed by atoms with van der Waals surface area (Å²) in [6.45, 7) is 4.64. The minimum Gasteiger partial charge on any atom is -0.381 e. The lowest BCUT2D eigenvalue weighted by Crippen LogP contribution is -2.51. The molecular formula is C49H47N11O3. The van der Waals surface area contributed by atoms with Crippen molar-refractivity contribution in [3.05, 3.63) is 132 Å². The van der Waals surface area contributed by atoms with Crippen LogP contribution in [-0.4, -0.2) is 91.1 Å². The van der Waals surface area contributed by atoms with Crippen molar-refractivity contribution in [2.24, 2.45) is 0 Å². The van der Waals surface area contributed by atoms with Gasteiger partial charge in [-0.2, -0.15) is 0 Å². The summed E-state index contributed by atoms with van der Waals surface area (Å²) in [7, 11) is 0. The first-order chi connectivity index (χ1) is 30.4. The van der Waals surface area contributed by atoms with E-state index in [1.165, 1.54) is 0 Å². The summed E-state index contributed by atoms with van der Waals surface area (Å²) in [5.74, 6) is 1.16. The van der Waals surface area contributed by atoms with Gasteiger partial charge in [-0.1, -0.05) is 43.8 Å². The Balaban J connectivity index is 0.000000147. The summed E-state index contributed by atoms with van der Waals surface area (Å²) in [4.78, 5) is 59.8. The Hall–Kier alpha value is -7.16. The fourth-order valence-corrected chi connectivity index (χ4v) is 9.45. The third kappa shape index (κ3) is 7.30. The van der Waals surface area contributed by atoms with Gasteiger partial charge in [0, 0.05) is 95.2 Å². The number of carbonyl (C=O) groups is 2. The molecule has 0 atom stereocenters. The fraction of sp³-hybridized carbons (Fsp3) is 0.265. The zero-order valence-corrected chi connectivity index (χ0v) is 33.9. The maximum absolute atomic E-state index is 12.6. The summed E-state index contributed by atoms with van der Waals surface area (Å²) in [5, 5.41) is 11.7. The number of ether oxygens (including phenoxy) is 1. The molecule has 2 aromatic carbocycles. The highest BCUT2D eigenvalue weighted by atomic mass is 16.5. The number of H-pyrrole nitrogens is 2. The third-order valence-corrected chi connectivity index (χ3v) is 12.9. The Morgan fingerprint density at radius 2 is 1.03 bits per heavy atom. The molecule has 10 heterocycles. The predicted molar refractivity (Wildman–Crippen MR) is 242 cm³/mol. The lowest BCUT2D eigenvalue weighted by Gasteiger charge is -2.40. The number of hydrogen-bond donors (Lipinski definition) is 5. The molecule has 316 valence electrons. The molecule has 2 saturated heterocycles. The van der Waals surface area contributed by atoms with E-state index < -0.39 is 0 Å². The van der Waals surface area contributed by atoms with Crippen molar-refractivity contribution in [2.45, 2.75) is 43.9 Å². The molecule has 4 aliphatic rings. The van der Waals surface area contributed by atoms with Crippen LogP contribution in [0.25, 0.3) is 67.4 Å². The van der Waals surface area contributed by atoms with Crippen LogP contribution in [0.4, 0.5) is 0 Å². The van der Waals surface area contributed by atoms with Crippen LogP contribution in [0.15, 0.2) is 110 Å². The van der Waals surface area contributed by atoms with Crippen LogP contribution in [0.3, 0.4) is 0 Å². The topological polar surface area (TPSA) is 188 Å². The molecule has 14 nitrogen and oxygen atoms in total. The van der Waals surface area contributed by atoms with E-state index in [-0.39, 0.29) is 30.1 Å². The number of para-hydroxylation sites is 2. The van der Waals surface area contributed by atoms with E-state index in [1.807, 2.05) is 78.9 Å². The van der Waals surface area contributed by atoms with Gasteiger partial charge < -0.3 is 30.7 Å². The van der Waals surface area contributed by atoms with Gasteiger partial charge in [-0.25, -0.2) is 19.9 Å². The van der Waals surface area contributed by atoms with E-state index in [2.05, 4.69) is 51.9 Å². The van der Waals surface area contributed by atoms with Crippen LogP contribution in [0, 0.1) is 0 Å². The SMILES string of the molecule is C.O=C1NCC2(CCNCC2)c2[nH]c(-c3ccnc(-c4cnc5ccccc5c4)n3)cc21.O=C1NCC2(CCOCC2)c2[nH]c(-c3ccnc(-c4cnc5ccccc5c4)n3)cc21. The van der Waals surface area contributed by atoms with Crippen LogP contribution in [-0.2, 0) is 15.6 Å². The van der Waals surface area contributed by atoms with Crippen molar-refractivity contribution in [3.8, 4) is 45.6 Å². The summed E-state index contributed by atoms with van der Waals surface area (Å²) < 4.78 is 5.57. The average Bonchev–Trinajstić information content (AvgIpc) is 4.01. The number of hydrogen-bond acceptors (Lipinski definition) is 10. The summed E-state index contributed by atoms with van der Waals surface area (Å²) in [5.41, 5.74) is 10.1. The molecule has 2 spiro atoms. The molecule has 4 aliphatic heterocycles. The Labute approximate surface area is 363 Å². The Morgan fingerprint density at radius 1 is 0.556 bits per heavy atom. The molecule has 0 radical (unpaired) electrons. The first-order valence-electron chi connectivity index (χ1n) is 21.1. The van der Waals surface area contributed by atoms with Crippen LogP contribution in [0.1, 0.15) is 65.2 Å². The normalized spacial score (nSPS) is 17.2. The smallest absolute Gasteiger partial charge is 0.253 e. The minimum absolute atomic E-state index is 0. The number of carbonyl (C=O) groups excluding carboxylic acids is 2. The number of pyridine rings is 2. The first-order valence-corrected chi connectivity index (χ1v) is 21.1. The number of benzene rings is 2. The Bertz CT molecular complexity index is 2810. The van der Waals surface area contributed by atoms with Crippen LogP contribution in [0.5, 0.6) is 0 Å². The van der Waals surface area contributed by atoms with E-state index in [0.717, 1.165) is 111 Å². The van der Waals surface area contributed by atoms with Gasteiger partial charge in [0.05, 0.1) is 44.9 Å². The second kappa shape index (κ2) is 16.3. The maximum atomic E-state index is 12.6. The molecule has 0 aliphatic carbocycles. The molecule has 63 heavy (non-hydrogen) atoms. The van der Waals surface area contributed by atoms with Gasteiger partial charge in [-0.15, -0.1) is 0 Å².